The van der Waals surface area contributed by atoms with Crippen LogP contribution in [0.4, 0.5) is 0 Å². The van der Waals surface area contributed by atoms with Crippen molar-refractivity contribution >= 4 is 34.9 Å². The van der Waals surface area contributed by atoms with Gasteiger partial charge in [0.2, 0.25) is 9.62 Å². The van der Waals surface area contributed by atoms with Gasteiger partial charge in [-0.1, -0.05) is 11.8 Å². The van der Waals surface area contributed by atoms with Crippen LogP contribution in [0.25, 0.3) is 0 Å². The number of aromatic nitrogens is 2. The monoisotopic (exact) mass is 236 g/mol. The zero-order chi connectivity index (χ0) is 9.10. The van der Waals surface area contributed by atoms with Gasteiger partial charge in [-0.05, 0) is 36.0 Å². The number of nitrogens with zero attached hydrogens (tertiary/aromatic N) is 2. The Bertz CT molecular complexity index is 275. The summed E-state index contributed by atoms with van der Waals surface area (Å²) in [5.74, 6) is 0.938. The molecule has 0 aromatic carbocycles. The van der Waals surface area contributed by atoms with E-state index in [1.807, 2.05) is 0 Å². The molecule has 6 heteroatoms. The van der Waals surface area contributed by atoms with Gasteiger partial charge in [-0.15, -0.1) is 0 Å². The zero-order valence-electron chi connectivity index (χ0n) is 6.90. The maximum absolute atomic E-state index is 5.66. The molecule has 0 spiro atoms. The van der Waals surface area contributed by atoms with Gasteiger partial charge in [0.1, 0.15) is 0 Å². The van der Waals surface area contributed by atoms with Crippen LogP contribution in [0.5, 0.6) is 0 Å². The average molecular weight is 237 g/mol. The molecule has 1 aromatic heterocycles. The fourth-order valence-corrected chi connectivity index (χ4v) is 2.88. The lowest BCUT2D eigenvalue weighted by molar-refractivity contribution is 0.129. The van der Waals surface area contributed by atoms with Crippen molar-refractivity contribution in [2.45, 2.75) is 24.1 Å². The molecule has 1 aliphatic heterocycles. The maximum Gasteiger partial charge on any atom is 0.204 e. The molecule has 1 atom stereocenters. The van der Waals surface area contributed by atoms with Crippen LogP contribution in [0, 0.1) is 0 Å². The second-order valence-electron chi connectivity index (χ2n) is 2.78. The first-order valence-corrected chi connectivity index (χ1v) is 6.22. The number of thioether (sulfide) groups is 1. The maximum atomic E-state index is 5.66. The summed E-state index contributed by atoms with van der Waals surface area (Å²) in [6, 6.07) is 0. The molecule has 0 radical (unpaired) electrons. The topological polar surface area (TPSA) is 35.0 Å². The lowest BCUT2D eigenvalue weighted by Gasteiger charge is -2.05. The molecule has 13 heavy (non-hydrogen) atoms. The molecule has 1 saturated heterocycles. The molecule has 0 N–H and O–H groups in total. The minimum absolute atomic E-state index is 0.382. The summed E-state index contributed by atoms with van der Waals surface area (Å²) >= 11 is 8.50. The zero-order valence-corrected chi connectivity index (χ0v) is 9.29. The molecule has 2 heterocycles. The van der Waals surface area contributed by atoms with Crippen molar-refractivity contribution in [1.29, 1.82) is 0 Å². The van der Waals surface area contributed by atoms with Gasteiger partial charge < -0.3 is 4.74 Å². The van der Waals surface area contributed by atoms with Crippen LogP contribution in [0.1, 0.15) is 12.8 Å². The number of hydrogen-bond acceptors (Lipinski definition) is 5. The Morgan fingerprint density at radius 2 is 2.62 bits per heavy atom. The molecule has 1 aliphatic rings. The van der Waals surface area contributed by atoms with Gasteiger partial charge in [0.25, 0.3) is 0 Å². The third kappa shape index (κ3) is 2.80. The van der Waals surface area contributed by atoms with E-state index in [-0.39, 0.29) is 0 Å². The highest BCUT2D eigenvalue weighted by atomic mass is 35.5. The van der Waals surface area contributed by atoms with Crippen LogP contribution in [0.2, 0.25) is 4.47 Å². The van der Waals surface area contributed by atoms with Crippen LogP contribution in [0.3, 0.4) is 0 Å². The fraction of sp³-hybridized carbons (Fsp3) is 0.714. The number of rotatable bonds is 3. The Labute approximate surface area is 90.0 Å². The van der Waals surface area contributed by atoms with Gasteiger partial charge in [-0.3, -0.25) is 0 Å². The predicted molar refractivity (Wildman–Crippen MR) is 54.6 cm³/mol. The van der Waals surface area contributed by atoms with Crippen LogP contribution >= 0.6 is 34.9 Å². The van der Waals surface area contributed by atoms with E-state index >= 15 is 0 Å². The van der Waals surface area contributed by atoms with Gasteiger partial charge in [-0.2, -0.15) is 9.36 Å². The SMILES string of the molecule is Clc1nc(SCC2CCCO2)ns1. The van der Waals surface area contributed by atoms with Crippen molar-refractivity contribution in [1.82, 2.24) is 9.36 Å². The molecule has 0 aliphatic carbocycles. The molecule has 1 fully saturated rings. The molecule has 1 unspecified atom stereocenters. The first-order chi connectivity index (χ1) is 6.34. The van der Waals surface area contributed by atoms with E-state index in [1.54, 1.807) is 11.8 Å². The minimum atomic E-state index is 0.382. The van der Waals surface area contributed by atoms with E-state index in [9.17, 15) is 0 Å². The normalized spacial score (nSPS) is 22.4. The largest absolute Gasteiger partial charge is 0.377 e. The van der Waals surface area contributed by atoms with Gasteiger partial charge in [0, 0.05) is 12.4 Å². The molecule has 72 valence electrons. The molecule has 0 saturated carbocycles. The fourth-order valence-electron chi connectivity index (χ4n) is 1.19. The lowest BCUT2D eigenvalue weighted by atomic mass is 10.3. The predicted octanol–water partition coefficient (Wildman–Crippen LogP) is 2.46. The highest BCUT2D eigenvalue weighted by molar-refractivity contribution is 7.99. The summed E-state index contributed by atoms with van der Waals surface area (Å²) in [6.07, 6.45) is 2.72. The summed E-state index contributed by atoms with van der Waals surface area (Å²) in [6.45, 7) is 0.899. The summed E-state index contributed by atoms with van der Waals surface area (Å²) < 4.78 is 10.1. The van der Waals surface area contributed by atoms with Crippen LogP contribution in [0.15, 0.2) is 5.16 Å². The first kappa shape index (κ1) is 9.71. The molecule has 0 amide bonds. The van der Waals surface area contributed by atoms with E-state index in [2.05, 4.69) is 9.36 Å². The smallest absolute Gasteiger partial charge is 0.204 e. The van der Waals surface area contributed by atoms with Gasteiger partial charge in [0.05, 0.1) is 6.10 Å². The van der Waals surface area contributed by atoms with Gasteiger partial charge >= 0.3 is 0 Å². The summed E-state index contributed by atoms with van der Waals surface area (Å²) in [4.78, 5) is 4.05. The average Bonchev–Trinajstić information content (AvgIpc) is 2.71. The number of ether oxygens (including phenoxy) is 1. The Balaban J connectivity index is 1.78. The van der Waals surface area contributed by atoms with Crippen molar-refractivity contribution in [3.63, 3.8) is 0 Å². The minimum Gasteiger partial charge on any atom is -0.377 e. The molecule has 0 bridgehead atoms. The Morgan fingerprint density at radius 3 is 3.23 bits per heavy atom. The molecular formula is C7H9ClN2OS2. The van der Waals surface area contributed by atoms with Crippen molar-refractivity contribution in [3.05, 3.63) is 4.47 Å². The van der Waals surface area contributed by atoms with E-state index in [0.29, 0.717) is 10.6 Å². The van der Waals surface area contributed by atoms with Crippen molar-refractivity contribution in [2.24, 2.45) is 0 Å². The van der Waals surface area contributed by atoms with E-state index < -0.39 is 0 Å². The first-order valence-electron chi connectivity index (χ1n) is 4.08. The van der Waals surface area contributed by atoms with Crippen molar-refractivity contribution < 1.29 is 4.74 Å². The molecule has 2 rings (SSSR count). The Morgan fingerprint density at radius 1 is 1.69 bits per heavy atom. The molecule has 1 aromatic rings. The Hall–Kier alpha value is 0.160. The molecular weight excluding hydrogens is 228 g/mol. The highest BCUT2D eigenvalue weighted by Gasteiger charge is 2.16. The summed E-state index contributed by atoms with van der Waals surface area (Å²) in [5.41, 5.74) is 0. The number of halogens is 1. The standard InChI is InChI=1S/C7H9ClN2OS2/c8-6-9-7(10-13-6)12-4-5-2-1-3-11-5/h5H,1-4H2. The van der Waals surface area contributed by atoms with E-state index in [4.69, 9.17) is 16.3 Å². The quantitative estimate of drug-likeness (QED) is 0.756. The lowest BCUT2D eigenvalue weighted by Crippen LogP contribution is -2.07. The van der Waals surface area contributed by atoms with Crippen molar-refractivity contribution in [3.8, 4) is 0 Å². The van der Waals surface area contributed by atoms with Crippen molar-refractivity contribution in [2.75, 3.05) is 12.4 Å². The van der Waals surface area contributed by atoms with E-state index in [1.165, 1.54) is 18.0 Å². The third-order valence-electron chi connectivity index (χ3n) is 1.80. The Kier molecular flexibility index (Phi) is 3.43. The van der Waals surface area contributed by atoms with Gasteiger partial charge in [-0.25, -0.2) is 0 Å². The summed E-state index contributed by atoms with van der Waals surface area (Å²) in [7, 11) is 0. The van der Waals surface area contributed by atoms with E-state index in [0.717, 1.165) is 23.9 Å². The van der Waals surface area contributed by atoms with Crippen LogP contribution in [-0.2, 0) is 4.74 Å². The second kappa shape index (κ2) is 4.59. The third-order valence-corrected chi connectivity index (χ3v) is 3.70. The van der Waals surface area contributed by atoms with Crippen LogP contribution < -0.4 is 0 Å². The molecule has 3 nitrogen and oxygen atoms in total. The second-order valence-corrected chi connectivity index (χ2v) is 5.10. The van der Waals surface area contributed by atoms with Gasteiger partial charge in [0.15, 0.2) is 0 Å². The number of hydrogen-bond donors (Lipinski definition) is 0. The highest BCUT2D eigenvalue weighted by Crippen LogP contribution is 2.24. The summed E-state index contributed by atoms with van der Waals surface area (Å²) in [5, 5.41) is 0.769. The van der Waals surface area contributed by atoms with Crippen LogP contribution in [-0.4, -0.2) is 27.8 Å².